The minimum absolute atomic E-state index is 0.157. The van der Waals surface area contributed by atoms with Gasteiger partial charge in [-0.25, -0.2) is 8.42 Å². The van der Waals surface area contributed by atoms with Gasteiger partial charge in [-0.05, 0) is 54.0 Å². The number of hydrogen-bond acceptors (Lipinski definition) is 4. The minimum atomic E-state index is -3.75. The van der Waals surface area contributed by atoms with Crippen molar-refractivity contribution in [3.8, 4) is 11.5 Å². The summed E-state index contributed by atoms with van der Waals surface area (Å²) in [5.41, 5.74) is 0.341. The maximum absolute atomic E-state index is 12.6. The summed E-state index contributed by atoms with van der Waals surface area (Å²) in [6.45, 7) is 4.62. The smallest absolute Gasteiger partial charge is 0.263 e. The molecule has 0 amide bonds. The lowest BCUT2D eigenvalue weighted by atomic mass is 10.3. The molecule has 7 heteroatoms. The van der Waals surface area contributed by atoms with Crippen LogP contribution in [0.1, 0.15) is 13.8 Å². The standard InChI is InChI=1S/C16H18BrNO4S/c1-3-21-12-9-10-15(22-4-2)14(11-12)18-23(19,20)16-8-6-5-7-13(16)17/h5-11,18H,3-4H2,1-2H3. The van der Waals surface area contributed by atoms with Crippen molar-refractivity contribution in [3.05, 3.63) is 46.9 Å². The Balaban J connectivity index is 2.40. The first kappa shape index (κ1) is 17.6. The van der Waals surface area contributed by atoms with Gasteiger partial charge in [0.2, 0.25) is 0 Å². The zero-order valence-corrected chi connectivity index (χ0v) is 15.3. The maximum atomic E-state index is 12.6. The van der Waals surface area contributed by atoms with Crippen LogP contribution >= 0.6 is 15.9 Å². The van der Waals surface area contributed by atoms with Crippen LogP contribution in [0.2, 0.25) is 0 Å². The normalized spacial score (nSPS) is 11.1. The largest absolute Gasteiger partial charge is 0.494 e. The molecule has 5 nitrogen and oxygen atoms in total. The predicted octanol–water partition coefficient (Wildman–Crippen LogP) is 4.05. The van der Waals surface area contributed by atoms with Crippen LogP contribution in [0.3, 0.4) is 0 Å². The van der Waals surface area contributed by atoms with Gasteiger partial charge < -0.3 is 9.47 Å². The minimum Gasteiger partial charge on any atom is -0.494 e. The molecule has 0 saturated heterocycles. The number of halogens is 1. The first-order valence-electron chi connectivity index (χ1n) is 7.15. The lowest BCUT2D eigenvalue weighted by Gasteiger charge is -2.15. The van der Waals surface area contributed by atoms with Crippen molar-refractivity contribution in [1.82, 2.24) is 0 Å². The highest BCUT2D eigenvalue weighted by Crippen LogP contribution is 2.32. The molecule has 0 atom stereocenters. The van der Waals surface area contributed by atoms with E-state index in [1.807, 2.05) is 13.8 Å². The first-order valence-corrected chi connectivity index (χ1v) is 9.42. The molecule has 0 radical (unpaired) electrons. The summed E-state index contributed by atoms with van der Waals surface area (Å²) in [7, 11) is -3.75. The molecule has 0 aliphatic heterocycles. The first-order chi connectivity index (χ1) is 11.0. The third-order valence-electron chi connectivity index (χ3n) is 2.93. The summed E-state index contributed by atoms with van der Waals surface area (Å²) < 4.78 is 39.2. The Morgan fingerprint density at radius 1 is 1.04 bits per heavy atom. The molecule has 0 saturated carbocycles. The molecule has 124 valence electrons. The van der Waals surface area contributed by atoms with Crippen LogP contribution in [0.15, 0.2) is 51.8 Å². The Hall–Kier alpha value is -1.73. The number of rotatable bonds is 7. The lowest BCUT2D eigenvalue weighted by Crippen LogP contribution is -2.14. The van der Waals surface area contributed by atoms with E-state index in [2.05, 4.69) is 20.7 Å². The highest BCUT2D eigenvalue weighted by atomic mass is 79.9. The number of benzene rings is 2. The number of nitrogens with one attached hydrogen (secondary N) is 1. The number of ether oxygens (including phenoxy) is 2. The van der Waals surface area contributed by atoms with Gasteiger partial charge in [0.15, 0.2) is 0 Å². The van der Waals surface area contributed by atoms with Crippen LogP contribution in [0.25, 0.3) is 0 Å². The molecule has 23 heavy (non-hydrogen) atoms. The topological polar surface area (TPSA) is 64.6 Å². The van der Waals surface area contributed by atoms with Gasteiger partial charge in [0.1, 0.15) is 16.4 Å². The second kappa shape index (κ2) is 7.70. The number of hydrogen-bond donors (Lipinski definition) is 1. The average Bonchev–Trinajstić information content (AvgIpc) is 2.50. The van der Waals surface area contributed by atoms with Gasteiger partial charge in [-0.3, -0.25) is 4.72 Å². The molecule has 2 aromatic carbocycles. The Labute approximate surface area is 144 Å². The van der Waals surface area contributed by atoms with Crippen LogP contribution in [0, 0.1) is 0 Å². The Morgan fingerprint density at radius 2 is 1.74 bits per heavy atom. The fraction of sp³-hybridized carbons (Fsp3) is 0.250. The van der Waals surface area contributed by atoms with Crippen LogP contribution in [-0.4, -0.2) is 21.6 Å². The van der Waals surface area contributed by atoms with Crippen molar-refractivity contribution in [1.29, 1.82) is 0 Å². The molecule has 0 unspecified atom stereocenters. The summed E-state index contributed by atoms with van der Waals surface area (Å²) in [5, 5.41) is 0. The molecule has 0 aliphatic carbocycles. The Bertz CT molecular complexity index is 777. The molecular formula is C16H18BrNO4S. The molecule has 0 heterocycles. The Morgan fingerprint density at radius 3 is 2.39 bits per heavy atom. The van der Waals surface area contributed by atoms with E-state index in [0.29, 0.717) is 34.9 Å². The number of sulfonamides is 1. The van der Waals surface area contributed by atoms with Crippen LogP contribution in [0.5, 0.6) is 11.5 Å². The van der Waals surface area contributed by atoms with Gasteiger partial charge in [0.05, 0.1) is 18.9 Å². The van der Waals surface area contributed by atoms with Gasteiger partial charge >= 0.3 is 0 Å². The zero-order valence-electron chi connectivity index (χ0n) is 12.9. The van der Waals surface area contributed by atoms with Gasteiger partial charge in [0, 0.05) is 10.5 Å². The van der Waals surface area contributed by atoms with Crippen molar-refractivity contribution in [2.45, 2.75) is 18.7 Å². The zero-order chi connectivity index (χ0) is 16.9. The van der Waals surface area contributed by atoms with Crippen LogP contribution < -0.4 is 14.2 Å². The monoisotopic (exact) mass is 399 g/mol. The molecule has 0 aliphatic rings. The average molecular weight is 400 g/mol. The summed E-state index contributed by atoms with van der Waals surface area (Å²) >= 11 is 3.26. The summed E-state index contributed by atoms with van der Waals surface area (Å²) in [6, 6.07) is 11.7. The fourth-order valence-corrected chi connectivity index (χ4v) is 4.05. The second-order valence-electron chi connectivity index (χ2n) is 4.56. The van der Waals surface area contributed by atoms with Crippen molar-refractivity contribution >= 4 is 31.6 Å². The van der Waals surface area contributed by atoms with E-state index in [1.54, 1.807) is 36.4 Å². The predicted molar refractivity (Wildman–Crippen MR) is 93.7 cm³/mol. The molecule has 0 fully saturated rings. The van der Waals surface area contributed by atoms with E-state index >= 15 is 0 Å². The van der Waals surface area contributed by atoms with Crippen molar-refractivity contribution in [2.75, 3.05) is 17.9 Å². The molecule has 0 aromatic heterocycles. The quantitative estimate of drug-likeness (QED) is 0.762. The highest BCUT2D eigenvalue weighted by molar-refractivity contribution is 9.10. The molecular weight excluding hydrogens is 382 g/mol. The van der Waals surface area contributed by atoms with Crippen molar-refractivity contribution in [3.63, 3.8) is 0 Å². The second-order valence-corrected chi connectivity index (χ2v) is 7.07. The molecule has 0 spiro atoms. The van der Waals surface area contributed by atoms with Crippen LogP contribution in [0.4, 0.5) is 5.69 Å². The van der Waals surface area contributed by atoms with Crippen molar-refractivity contribution in [2.24, 2.45) is 0 Å². The molecule has 2 aromatic rings. The van der Waals surface area contributed by atoms with E-state index in [4.69, 9.17) is 9.47 Å². The lowest BCUT2D eigenvalue weighted by molar-refractivity contribution is 0.332. The molecule has 0 bridgehead atoms. The summed E-state index contributed by atoms with van der Waals surface area (Å²) in [6.07, 6.45) is 0. The third kappa shape index (κ3) is 4.39. The van der Waals surface area contributed by atoms with Gasteiger partial charge in [0.25, 0.3) is 10.0 Å². The van der Waals surface area contributed by atoms with E-state index in [-0.39, 0.29) is 4.90 Å². The molecule has 1 N–H and O–H groups in total. The SMILES string of the molecule is CCOc1ccc(OCC)c(NS(=O)(=O)c2ccccc2Br)c1. The third-order valence-corrected chi connectivity index (χ3v) is 5.31. The van der Waals surface area contributed by atoms with Gasteiger partial charge in [-0.2, -0.15) is 0 Å². The van der Waals surface area contributed by atoms with Crippen LogP contribution in [-0.2, 0) is 10.0 Å². The summed E-state index contributed by atoms with van der Waals surface area (Å²) in [4.78, 5) is 0.157. The van der Waals surface area contributed by atoms with E-state index in [1.165, 1.54) is 6.07 Å². The fourth-order valence-electron chi connectivity index (χ4n) is 1.99. The van der Waals surface area contributed by atoms with E-state index < -0.39 is 10.0 Å². The maximum Gasteiger partial charge on any atom is 0.263 e. The van der Waals surface area contributed by atoms with E-state index in [9.17, 15) is 8.42 Å². The van der Waals surface area contributed by atoms with Gasteiger partial charge in [-0.15, -0.1) is 0 Å². The summed E-state index contributed by atoms with van der Waals surface area (Å²) in [5.74, 6) is 1.02. The van der Waals surface area contributed by atoms with E-state index in [0.717, 1.165) is 0 Å². The molecule has 2 rings (SSSR count). The Kier molecular flexibility index (Phi) is 5.90. The number of anilines is 1. The van der Waals surface area contributed by atoms with Crippen molar-refractivity contribution < 1.29 is 17.9 Å². The van der Waals surface area contributed by atoms with Gasteiger partial charge in [-0.1, -0.05) is 12.1 Å². The highest BCUT2D eigenvalue weighted by Gasteiger charge is 2.19.